The van der Waals surface area contributed by atoms with Crippen molar-refractivity contribution in [2.45, 2.75) is 83.6 Å². The SMILES string of the molecule is CC/C=C(\CC1CC1)n1ccc(N2CCC3(CC2)OC(C)(C)c2cc(C)ccc23)c(C(F)(F)F)c1=NC. The van der Waals surface area contributed by atoms with Crippen molar-refractivity contribution in [3.05, 3.63) is 64.3 Å². The normalized spacial score (nSPS) is 21.6. The first-order chi connectivity index (χ1) is 17.5. The van der Waals surface area contributed by atoms with Gasteiger partial charge in [-0.25, -0.2) is 0 Å². The number of aromatic nitrogens is 1. The molecule has 7 heteroatoms. The summed E-state index contributed by atoms with van der Waals surface area (Å²) in [4.78, 5) is 6.08. The Morgan fingerprint density at radius 3 is 2.43 bits per heavy atom. The van der Waals surface area contributed by atoms with Crippen LogP contribution in [0, 0.1) is 12.8 Å². The van der Waals surface area contributed by atoms with E-state index in [1.54, 1.807) is 16.8 Å². The molecule has 1 aliphatic carbocycles. The number of hydrogen-bond acceptors (Lipinski definition) is 3. The molecule has 2 fully saturated rings. The third kappa shape index (κ3) is 4.75. The van der Waals surface area contributed by atoms with Crippen LogP contribution in [0.5, 0.6) is 0 Å². The van der Waals surface area contributed by atoms with Crippen molar-refractivity contribution in [3.63, 3.8) is 0 Å². The maximum Gasteiger partial charge on any atom is 0.421 e. The van der Waals surface area contributed by atoms with E-state index in [4.69, 9.17) is 4.74 Å². The predicted octanol–water partition coefficient (Wildman–Crippen LogP) is 7.16. The van der Waals surface area contributed by atoms with Crippen molar-refractivity contribution in [2.75, 3.05) is 25.0 Å². The van der Waals surface area contributed by atoms with Crippen LogP contribution in [-0.4, -0.2) is 24.7 Å². The molecule has 3 heterocycles. The highest BCUT2D eigenvalue weighted by atomic mass is 19.4. The van der Waals surface area contributed by atoms with Crippen molar-refractivity contribution < 1.29 is 17.9 Å². The Bertz CT molecular complexity index is 1280. The Labute approximate surface area is 217 Å². The summed E-state index contributed by atoms with van der Waals surface area (Å²) >= 11 is 0. The van der Waals surface area contributed by atoms with E-state index in [9.17, 15) is 13.2 Å². The van der Waals surface area contributed by atoms with Gasteiger partial charge in [-0.05, 0) is 82.4 Å². The second-order valence-corrected chi connectivity index (χ2v) is 11.4. The fourth-order valence-electron chi connectivity index (χ4n) is 6.29. The molecule has 0 unspecified atom stereocenters. The lowest BCUT2D eigenvalue weighted by Gasteiger charge is -2.42. The van der Waals surface area contributed by atoms with E-state index >= 15 is 0 Å². The van der Waals surface area contributed by atoms with Crippen molar-refractivity contribution in [2.24, 2.45) is 10.9 Å². The van der Waals surface area contributed by atoms with Crippen molar-refractivity contribution >= 4 is 11.4 Å². The van der Waals surface area contributed by atoms with Gasteiger partial charge in [0, 0.05) is 32.0 Å². The van der Waals surface area contributed by atoms with Gasteiger partial charge in [-0.1, -0.05) is 36.8 Å². The van der Waals surface area contributed by atoms with E-state index in [1.807, 2.05) is 17.9 Å². The Morgan fingerprint density at radius 2 is 1.84 bits per heavy atom. The van der Waals surface area contributed by atoms with E-state index in [0.717, 1.165) is 31.4 Å². The van der Waals surface area contributed by atoms with Crippen LogP contribution in [0.15, 0.2) is 41.5 Å². The van der Waals surface area contributed by atoms with Gasteiger partial charge in [0.1, 0.15) is 11.1 Å². The smallest absolute Gasteiger partial charge is 0.371 e. The van der Waals surface area contributed by atoms with Gasteiger partial charge >= 0.3 is 6.18 Å². The highest BCUT2D eigenvalue weighted by Crippen LogP contribution is 2.52. The fourth-order valence-corrected chi connectivity index (χ4v) is 6.29. The summed E-state index contributed by atoms with van der Waals surface area (Å²) in [5, 5.41) is 0. The molecule has 1 spiro atoms. The molecule has 0 N–H and O–H groups in total. The molecule has 0 radical (unpaired) electrons. The molecule has 37 heavy (non-hydrogen) atoms. The van der Waals surface area contributed by atoms with E-state index in [2.05, 4.69) is 44.0 Å². The number of halogens is 3. The van der Waals surface area contributed by atoms with Crippen molar-refractivity contribution in [3.8, 4) is 0 Å². The zero-order valence-corrected chi connectivity index (χ0v) is 22.6. The first-order valence-electron chi connectivity index (χ1n) is 13.5. The van der Waals surface area contributed by atoms with E-state index in [0.29, 0.717) is 31.8 Å². The zero-order valence-electron chi connectivity index (χ0n) is 22.6. The summed E-state index contributed by atoms with van der Waals surface area (Å²) in [6.45, 7) is 9.24. The number of alkyl halides is 3. The highest BCUT2D eigenvalue weighted by molar-refractivity contribution is 5.58. The number of aryl methyl sites for hydroxylation is 1. The third-order valence-corrected chi connectivity index (χ3v) is 8.21. The number of ether oxygens (including phenoxy) is 1. The van der Waals surface area contributed by atoms with Crippen molar-refractivity contribution in [1.29, 1.82) is 0 Å². The molecular formula is C30H38F3N3O. The minimum Gasteiger partial charge on any atom is -0.371 e. The molecule has 200 valence electrons. The van der Waals surface area contributed by atoms with Gasteiger partial charge in [-0.2, -0.15) is 13.2 Å². The molecule has 3 aliphatic rings. The number of benzene rings is 1. The average Bonchev–Trinajstić information content (AvgIpc) is 3.63. The van der Waals surface area contributed by atoms with Gasteiger partial charge in [0.25, 0.3) is 0 Å². The van der Waals surface area contributed by atoms with Crippen LogP contribution in [-0.2, 0) is 22.1 Å². The third-order valence-electron chi connectivity index (χ3n) is 8.21. The van der Waals surface area contributed by atoms with E-state index in [1.165, 1.54) is 23.7 Å². The van der Waals surface area contributed by atoms with Gasteiger partial charge in [-0.15, -0.1) is 0 Å². The lowest BCUT2D eigenvalue weighted by atomic mass is 9.81. The summed E-state index contributed by atoms with van der Waals surface area (Å²) < 4.78 is 52.3. The van der Waals surface area contributed by atoms with Crippen LogP contribution in [0.25, 0.3) is 5.70 Å². The van der Waals surface area contributed by atoms with Crippen LogP contribution in [0.3, 0.4) is 0 Å². The molecule has 0 bridgehead atoms. The van der Waals surface area contributed by atoms with Gasteiger partial charge < -0.3 is 14.2 Å². The summed E-state index contributed by atoms with van der Waals surface area (Å²) in [5.74, 6) is 0.560. The van der Waals surface area contributed by atoms with Gasteiger partial charge in [-0.3, -0.25) is 4.99 Å². The van der Waals surface area contributed by atoms with Crippen LogP contribution in [0.4, 0.5) is 18.9 Å². The Hall–Kier alpha value is -2.54. The second-order valence-electron chi connectivity index (χ2n) is 11.4. The molecule has 2 aromatic rings. The number of hydrogen-bond donors (Lipinski definition) is 0. The number of allylic oxidation sites excluding steroid dienone is 2. The molecule has 0 amide bonds. The Kier molecular flexibility index (Phi) is 6.58. The Morgan fingerprint density at radius 1 is 1.14 bits per heavy atom. The second kappa shape index (κ2) is 9.33. The van der Waals surface area contributed by atoms with Gasteiger partial charge in [0.05, 0.1) is 16.9 Å². The van der Waals surface area contributed by atoms with E-state index in [-0.39, 0.29) is 11.2 Å². The Balaban J connectivity index is 1.50. The average molecular weight is 514 g/mol. The standard InChI is InChI=1S/C30H38F3N3O/c1-6-7-22(19-21-9-10-21)36-15-12-25(26(27(36)34-5)30(31,32)33)35-16-13-29(14-17-35)23-11-8-20(2)18-24(23)28(3,4)37-29/h7-8,11-12,15,18,21H,6,9-10,13-14,16-17,19H2,1-5H3/b22-7+,34-27?. The topological polar surface area (TPSA) is 29.8 Å². The summed E-state index contributed by atoms with van der Waals surface area (Å²) in [7, 11) is 1.46. The molecule has 5 rings (SSSR count). The number of nitrogens with zero attached hydrogens (tertiary/aromatic N) is 3. The number of pyridine rings is 1. The maximum absolute atomic E-state index is 14.6. The number of fused-ring (bicyclic) bond motifs is 2. The van der Waals surface area contributed by atoms with E-state index < -0.39 is 22.9 Å². The fraction of sp³-hybridized carbons (Fsp3) is 0.567. The monoisotopic (exact) mass is 513 g/mol. The number of piperidine rings is 1. The van der Waals surface area contributed by atoms with Crippen LogP contribution < -0.4 is 10.4 Å². The molecule has 1 aromatic heterocycles. The predicted molar refractivity (Wildman–Crippen MR) is 141 cm³/mol. The zero-order chi connectivity index (χ0) is 26.6. The quantitative estimate of drug-likeness (QED) is 0.425. The minimum absolute atomic E-state index is 0.00953. The molecule has 1 aromatic carbocycles. The largest absolute Gasteiger partial charge is 0.421 e. The van der Waals surface area contributed by atoms with Gasteiger partial charge in [0.15, 0.2) is 0 Å². The van der Waals surface area contributed by atoms with Crippen LogP contribution in [0.1, 0.15) is 81.5 Å². The first kappa shape index (κ1) is 26.1. The number of rotatable bonds is 5. The molecule has 1 saturated carbocycles. The van der Waals surface area contributed by atoms with Gasteiger partial charge in [0.2, 0.25) is 0 Å². The molecule has 1 saturated heterocycles. The highest BCUT2D eigenvalue weighted by Gasteiger charge is 2.50. The molecule has 4 nitrogen and oxygen atoms in total. The van der Waals surface area contributed by atoms with Crippen LogP contribution >= 0.6 is 0 Å². The van der Waals surface area contributed by atoms with Crippen LogP contribution in [0.2, 0.25) is 0 Å². The summed E-state index contributed by atoms with van der Waals surface area (Å²) in [6, 6.07) is 8.08. The lowest BCUT2D eigenvalue weighted by molar-refractivity contribution is -0.139. The number of anilines is 1. The lowest BCUT2D eigenvalue weighted by Crippen LogP contribution is -2.45. The maximum atomic E-state index is 14.6. The summed E-state index contributed by atoms with van der Waals surface area (Å²) in [5.41, 5.74) is 3.15. The molecule has 2 aliphatic heterocycles. The summed E-state index contributed by atoms with van der Waals surface area (Å²) in [6.07, 6.45) is 4.42. The van der Waals surface area contributed by atoms with Crippen molar-refractivity contribution in [1.82, 2.24) is 4.57 Å². The molecule has 0 atom stereocenters. The minimum atomic E-state index is -4.52. The molecular weight excluding hydrogens is 475 g/mol. The first-order valence-corrected chi connectivity index (χ1v) is 13.5.